The molecule has 0 bridgehead atoms. The number of hydrogen-bond donors (Lipinski definition) is 2. The van der Waals surface area contributed by atoms with Gasteiger partial charge in [-0.3, -0.25) is 0 Å². The van der Waals surface area contributed by atoms with E-state index in [1.807, 2.05) is 0 Å². The Morgan fingerprint density at radius 2 is 1.94 bits per heavy atom. The number of esters is 1. The maximum absolute atomic E-state index is 11.5. The van der Waals surface area contributed by atoms with Crippen molar-refractivity contribution in [3.63, 3.8) is 0 Å². The smallest absolute Gasteiger partial charge is 0.340 e. The van der Waals surface area contributed by atoms with E-state index < -0.39 is 12.3 Å². The Labute approximate surface area is 94.5 Å². The molecule has 0 radical (unpaired) electrons. The van der Waals surface area contributed by atoms with Gasteiger partial charge in [0.25, 0.3) is 0 Å². The molecule has 0 fully saturated rings. The van der Waals surface area contributed by atoms with Gasteiger partial charge in [0.05, 0.1) is 5.56 Å². The lowest BCUT2D eigenvalue weighted by molar-refractivity contribution is -0.0696. The lowest BCUT2D eigenvalue weighted by Crippen LogP contribution is -2.17. The number of aliphatic hydroxyl groups excluding tert-OH is 2. The van der Waals surface area contributed by atoms with E-state index in [0.29, 0.717) is 24.8 Å². The number of hydrogen-bond acceptors (Lipinski definition) is 4. The fourth-order valence-electron chi connectivity index (χ4n) is 1.26. The van der Waals surface area contributed by atoms with Crippen LogP contribution in [0.25, 0.3) is 0 Å². The molecular weight excluding hydrogens is 208 g/mol. The molecule has 0 amide bonds. The van der Waals surface area contributed by atoms with Gasteiger partial charge in [-0.2, -0.15) is 0 Å². The van der Waals surface area contributed by atoms with Crippen LogP contribution in [0.5, 0.6) is 0 Å². The highest BCUT2D eigenvalue weighted by molar-refractivity contribution is 5.89. The van der Waals surface area contributed by atoms with Crippen molar-refractivity contribution >= 4 is 5.97 Å². The van der Waals surface area contributed by atoms with Crippen LogP contribution in [0.3, 0.4) is 0 Å². The zero-order valence-corrected chi connectivity index (χ0v) is 9.00. The Morgan fingerprint density at radius 1 is 1.25 bits per heavy atom. The van der Waals surface area contributed by atoms with E-state index in [1.165, 1.54) is 0 Å². The van der Waals surface area contributed by atoms with E-state index >= 15 is 0 Å². The number of ether oxygens (including phenoxy) is 1. The SMILES string of the molecule is O=C(OC(O)CCCCO)c1ccccc1. The summed E-state index contributed by atoms with van der Waals surface area (Å²) in [5.74, 6) is -0.530. The summed E-state index contributed by atoms with van der Waals surface area (Å²) in [6.45, 7) is 0.0827. The van der Waals surface area contributed by atoms with E-state index in [-0.39, 0.29) is 6.61 Å². The number of aliphatic hydroxyl groups is 2. The lowest BCUT2D eigenvalue weighted by atomic mass is 10.2. The predicted molar refractivity (Wildman–Crippen MR) is 58.8 cm³/mol. The average Bonchev–Trinajstić information content (AvgIpc) is 2.30. The Morgan fingerprint density at radius 3 is 2.56 bits per heavy atom. The molecule has 0 aliphatic heterocycles. The molecular formula is C12H16O4. The van der Waals surface area contributed by atoms with Crippen LogP contribution in [0.15, 0.2) is 30.3 Å². The van der Waals surface area contributed by atoms with Crippen LogP contribution in [-0.4, -0.2) is 29.1 Å². The highest BCUT2D eigenvalue weighted by atomic mass is 16.6. The molecule has 4 heteroatoms. The summed E-state index contributed by atoms with van der Waals surface area (Å²) in [4.78, 5) is 11.5. The van der Waals surface area contributed by atoms with Crippen LogP contribution >= 0.6 is 0 Å². The summed E-state index contributed by atoms with van der Waals surface area (Å²) >= 11 is 0. The average molecular weight is 224 g/mol. The maximum Gasteiger partial charge on any atom is 0.340 e. The fraction of sp³-hybridized carbons (Fsp3) is 0.417. The lowest BCUT2D eigenvalue weighted by Gasteiger charge is -2.11. The number of unbranched alkanes of at least 4 members (excludes halogenated alkanes) is 1. The fourth-order valence-corrected chi connectivity index (χ4v) is 1.26. The number of rotatable bonds is 6. The molecule has 1 rings (SSSR count). The van der Waals surface area contributed by atoms with E-state index in [2.05, 4.69) is 0 Å². The van der Waals surface area contributed by atoms with Crippen molar-refractivity contribution in [1.29, 1.82) is 0 Å². The van der Waals surface area contributed by atoms with Crippen molar-refractivity contribution in [1.82, 2.24) is 0 Å². The highest BCUT2D eigenvalue weighted by Crippen LogP contribution is 2.07. The first-order valence-electron chi connectivity index (χ1n) is 5.29. The van der Waals surface area contributed by atoms with Gasteiger partial charge in [0.15, 0.2) is 0 Å². The van der Waals surface area contributed by atoms with Gasteiger partial charge in [0, 0.05) is 13.0 Å². The molecule has 88 valence electrons. The second-order valence-corrected chi connectivity index (χ2v) is 3.45. The van der Waals surface area contributed by atoms with Gasteiger partial charge in [-0.1, -0.05) is 18.2 Å². The third-order valence-corrected chi connectivity index (χ3v) is 2.11. The topological polar surface area (TPSA) is 66.8 Å². The normalized spacial score (nSPS) is 12.1. The van der Waals surface area contributed by atoms with Crippen LogP contribution in [0.2, 0.25) is 0 Å². The van der Waals surface area contributed by atoms with Gasteiger partial charge in [-0.15, -0.1) is 0 Å². The quantitative estimate of drug-likeness (QED) is 0.434. The number of carbonyl (C=O) groups is 1. The monoisotopic (exact) mass is 224 g/mol. The molecule has 1 aromatic rings. The molecule has 0 saturated carbocycles. The van der Waals surface area contributed by atoms with Crippen LogP contribution in [-0.2, 0) is 4.74 Å². The first kappa shape index (κ1) is 12.7. The van der Waals surface area contributed by atoms with E-state index in [4.69, 9.17) is 9.84 Å². The van der Waals surface area contributed by atoms with Crippen LogP contribution < -0.4 is 0 Å². The molecule has 0 saturated heterocycles. The van der Waals surface area contributed by atoms with Gasteiger partial charge in [-0.05, 0) is 25.0 Å². The molecule has 0 aromatic heterocycles. The van der Waals surface area contributed by atoms with Crippen molar-refractivity contribution in [3.8, 4) is 0 Å². The van der Waals surface area contributed by atoms with Crippen LogP contribution in [0, 0.1) is 0 Å². The summed E-state index contributed by atoms with van der Waals surface area (Å²) < 4.78 is 4.82. The Balaban J connectivity index is 2.34. The third kappa shape index (κ3) is 4.42. The molecule has 16 heavy (non-hydrogen) atoms. The molecule has 0 aliphatic carbocycles. The minimum absolute atomic E-state index is 0.0827. The van der Waals surface area contributed by atoms with Crippen molar-refractivity contribution in [3.05, 3.63) is 35.9 Å². The molecule has 2 N–H and O–H groups in total. The van der Waals surface area contributed by atoms with Gasteiger partial charge in [0.1, 0.15) is 0 Å². The predicted octanol–water partition coefficient (Wildman–Crippen LogP) is 1.32. The van der Waals surface area contributed by atoms with E-state index in [9.17, 15) is 9.90 Å². The molecule has 1 aromatic carbocycles. The maximum atomic E-state index is 11.5. The van der Waals surface area contributed by atoms with Gasteiger partial charge in [-0.25, -0.2) is 4.79 Å². The van der Waals surface area contributed by atoms with E-state index in [1.54, 1.807) is 30.3 Å². The van der Waals surface area contributed by atoms with Crippen LogP contribution in [0.1, 0.15) is 29.6 Å². The van der Waals surface area contributed by atoms with Crippen molar-refractivity contribution < 1.29 is 19.7 Å². The molecule has 0 heterocycles. The highest BCUT2D eigenvalue weighted by Gasteiger charge is 2.12. The zero-order valence-electron chi connectivity index (χ0n) is 9.00. The second-order valence-electron chi connectivity index (χ2n) is 3.45. The molecule has 1 atom stereocenters. The largest absolute Gasteiger partial charge is 0.432 e. The third-order valence-electron chi connectivity index (χ3n) is 2.11. The van der Waals surface area contributed by atoms with Gasteiger partial charge < -0.3 is 14.9 Å². The summed E-state index contributed by atoms with van der Waals surface area (Å²) in [5.41, 5.74) is 0.420. The standard InChI is InChI=1S/C12H16O4/c13-9-5-4-8-11(14)16-12(15)10-6-2-1-3-7-10/h1-3,6-7,11,13-14H,4-5,8-9H2. The first-order valence-corrected chi connectivity index (χ1v) is 5.29. The first-order chi connectivity index (χ1) is 7.74. The molecule has 4 nitrogen and oxygen atoms in total. The summed E-state index contributed by atoms with van der Waals surface area (Å²) in [5, 5.41) is 17.9. The Kier molecular flexibility index (Phi) is 5.53. The molecule has 1 unspecified atom stereocenters. The minimum Gasteiger partial charge on any atom is -0.432 e. The van der Waals surface area contributed by atoms with Gasteiger partial charge in [0.2, 0.25) is 6.29 Å². The van der Waals surface area contributed by atoms with Gasteiger partial charge >= 0.3 is 5.97 Å². The Bertz CT molecular complexity index is 310. The Hall–Kier alpha value is -1.39. The molecule has 0 spiro atoms. The summed E-state index contributed by atoms with van der Waals surface area (Å²) in [7, 11) is 0. The van der Waals surface area contributed by atoms with Crippen molar-refractivity contribution in [2.75, 3.05) is 6.61 Å². The van der Waals surface area contributed by atoms with Crippen molar-refractivity contribution in [2.24, 2.45) is 0 Å². The summed E-state index contributed by atoms with van der Waals surface area (Å²) in [6.07, 6.45) is 0.470. The zero-order chi connectivity index (χ0) is 11.8. The molecule has 0 aliphatic rings. The van der Waals surface area contributed by atoms with Crippen molar-refractivity contribution in [2.45, 2.75) is 25.6 Å². The van der Waals surface area contributed by atoms with Crippen LogP contribution in [0.4, 0.5) is 0 Å². The number of carbonyl (C=O) groups excluding carboxylic acids is 1. The summed E-state index contributed by atoms with van der Waals surface area (Å²) in [6, 6.07) is 8.52. The minimum atomic E-state index is -1.10. The second kappa shape index (κ2) is 6.98. The number of benzene rings is 1. The van der Waals surface area contributed by atoms with E-state index in [0.717, 1.165) is 0 Å².